The van der Waals surface area contributed by atoms with Gasteiger partial charge in [-0.05, 0) is 28.3 Å². The summed E-state index contributed by atoms with van der Waals surface area (Å²) in [5, 5.41) is 13.1. The van der Waals surface area contributed by atoms with Gasteiger partial charge in [-0.1, -0.05) is 32.9 Å². The number of aliphatic hydroxyl groups is 1. The van der Waals surface area contributed by atoms with Crippen molar-refractivity contribution in [1.29, 1.82) is 0 Å². The lowest BCUT2D eigenvalue weighted by molar-refractivity contribution is 0.0444. The SMILES string of the molecule is CC(C)(C)C(O)C(=O)c1cccc2ccsc12. The average molecular weight is 248 g/mol. The fraction of sp³-hybridized carbons (Fsp3) is 0.357. The standard InChI is InChI=1S/C14H16O2S/c1-14(2,3)13(16)11(15)10-6-4-5-9-7-8-17-12(9)10/h4-8,13,16H,1-3H3. The topological polar surface area (TPSA) is 37.3 Å². The maximum Gasteiger partial charge on any atom is 0.193 e. The first-order valence-electron chi connectivity index (χ1n) is 5.60. The fourth-order valence-electron chi connectivity index (χ4n) is 1.73. The molecule has 0 radical (unpaired) electrons. The number of benzene rings is 1. The first-order valence-corrected chi connectivity index (χ1v) is 6.48. The number of carbonyl (C=O) groups excluding carboxylic acids is 1. The minimum atomic E-state index is -0.963. The van der Waals surface area contributed by atoms with E-state index >= 15 is 0 Å². The maximum atomic E-state index is 12.3. The zero-order valence-corrected chi connectivity index (χ0v) is 11.0. The molecule has 0 fully saturated rings. The van der Waals surface area contributed by atoms with Gasteiger partial charge in [0.15, 0.2) is 5.78 Å². The van der Waals surface area contributed by atoms with Gasteiger partial charge in [0.05, 0.1) is 0 Å². The third-order valence-electron chi connectivity index (χ3n) is 2.81. The molecular weight excluding hydrogens is 232 g/mol. The first-order chi connectivity index (χ1) is 7.91. The number of thiophene rings is 1. The molecule has 0 bridgehead atoms. The van der Waals surface area contributed by atoms with E-state index in [0.717, 1.165) is 10.1 Å². The van der Waals surface area contributed by atoms with Crippen molar-refractivity contribution >= 4 is 27.2 Å². The third kappa shape index (κ3) is 2.26. The Bertz CT molecular complexity index is 549. The predicted molar refractivity (Wildman–Crippen MR) is 71.6 cm³/mol. The molecule has 1 aromatic heterocycles. The summed E-state index contributed by atoms with van der Waals surface area (Å²) in [6, 6.07) is 7.61. The zero-order valence-electron chi connectivity index (χ0n) is 10.2. The van der Waals surface area contributed by atoms with E-state index in [0.29, 0.717) is 5.56 Å². The van der Waals surface area contributed by atoms with Crippen molar-refractivity contribution in [2.45, 2.75) is 26.9 Å². The molecule has 2 nitrogen and oxygen atoms in total. The molecule has 90 valence electrons. The van der Waals surface area contributed by atoms with Gasteiger partial charge >= 0.3 is 0 Å². The minimum Gasteiger partial charge on any atom is -0.384 e. The fourth-order valence-corrected chi connectivity index (χ4v) is 2.65. The normalized spacial score (nSPS) is 13.9. The van der Waals surface area contributed by atoms with E-state index in [1.54, 1.807) is 6.07 Å². The van der Waals surface area contributed by atoms with E-state index in [2.05, 4.69) is 0 Å². The van der Waals surface area contributed by atoms with Gasteiger partial charge in [0.2, 0.25) is 0 Å². The highest BCUT2D eigenvalue weighted by Crippen LogP contribution is 2.29. The Balaban J connectivity index is 2.47. The molecule has 1 N–H and O–H groups in total. The molecule has 0 aliphatic rings. The molecule has 0 saturated carbocycles. The summed E-state index contributed by atoms with van der Waals surface area (Å²) in [5.74, 6) is -0.189. The summed E-state index contributed by atoms with van der Waals surface area (Å²) in [5.41, 5.74) is 0.191. The smallest absolute Gasteiger partial charge is 0.193 e. The highest BCUT2D eigenvalue weighted by atomic mass is 32.1. The van der Waals surface area contributed by atoms with Crippen LogP contribution in [-0.2, 0) is 0 Å². The maximum absolute atomic E-state index is 12.3. The highest BCUT2D eigenvalue weighted by Gasteiger charge is 2.30. The second kappa shape index (κ2) is 4.24. The van der Waals surface area contributed by atoms with E-state index in [1.807, 2.05) is 44.4 Å². The summed E-state index contributed by atoms with van der Waals surface area (Å²) in [6.45, 7) is 5.60. The van der Waals surface area contributed by atoms with Crippen LogP contribution in [0.15, 0.2) is 29.6 Å². The average Bonchev–Trinajstić information content (AvgIpc) is 2.73. The molecule has 1 aromatic carbocycles. The molecule has 0 saturated heterocycles. The van der Waals surface area contributed by atoms with Crippen molar-refractivity contribution in [2.75, 3.05) is 0 Å². The number of hydrogen-bond acceptors (Lipinski definition) is 3. The van der Waals surface area contributed by atoms with Crippen LogP contribution in [0.5, 0.6) is 0 Å². The quantitative estimate of drug-likeness (QED) is 0.826. The number of ketones is 1. The van der Waals surface area contributed by atoms with Gasteiger partial charge in [-0.3, -0.25) is 4.79 Å². The molecule has 0 amide bonds. The van der Waals surface area contributed by atoms with Gasteiger partial charge in [-0.15, -0.1) is 11.3 Å². The van der Waals surface area contributed by atoms with E-state index in [4.69, 9.17) is 0 Å². The Morgan fingerprint density at radius 2 is 2.00 bits per heavy atom. The molecule has 3 heteroatoms. The van der Waals surface area contributed by atoms with Gasteiger partial charge in [-0.25, -0.2) is 0 Å². The largest absolute Gasteiger partial charge is 0.384 e. The summed E-state index contributed by atoms with van der Waals surface area (Å²) in [4.78, 5) is 12.3. The molecule has 0 spiro atoms. The van der Waals surface area contributed by atoms with Crippen LogP contribution in [0.4, 0.5) is 0 Å². The van der Waals surface area contributed by atoms with Crippen molar-refractivity contribution in [3.63, 3.8) is 0 Å². The Labute approximate surface area is 105 Å². The number of fused-ring (bicyclic) bond motifs is 1. The molecule has 1 atom stereocenters. The summed E-state index contributed by atoms with van der Waals surface area (Å²) in [6.07, 6.45) is -0.963. The molecular formula is C14H16O2S. The third-order valence-corrected chi connectivity index (χ3v) is 3.78. The van der Waals surface area contributed by atoms with Crippen molar-refractivity contribution in [3.05, 3.63) is 35.2 Å². The predicted octanol–water partition coefficient (Wildman–Crippen LogP) is 3.49. The van der Waals surface area contributed by atoms with Gasteiger partial charge in [0, 0.05) is 10.3 Å². The molecule has 17 heavy (non-hydrogen) atoms. The van der Waals surface area contributed by atoms with Gasteiger partial charge in [-0.2, -0.15) is 0 Å². The van der Waals surface area contributed by atoms with E-state index in [-0.39, 0.29) is 5.78 Å². The van der Waals surface area contributed by atoms with Gasteiger partial charge in [0.25, 0.3) is 0 Å². The van der Waals surface area contributed by atoms with Crippen LogP contribution in [0.3, 0.4) is 0 Å². The Kier molecular flexibility index (Phi) is 3.06. The monoisotopic (exact) mass is 248 g/mol. The summed E-state index contributed by atoms with van der Waals surface area (Å²) >= 11 is 1.54. The minimum absolute atomic E-state index is 0.189. The van der Waals surface area contributed by atoms with Crippen LogP contribution >= 0.6 is 11.3 Å². The Morgan fingerprint density at radius 3 is 2.65 bits per heavy atom. The second-order valence-corrected chi connectivity index (χ2v) is 6.19. The van der Waals surface area contributed by atoms with Crippen LogP contribution in [-0.4, -0.2) is 17.0 Å². The van der Waals surface area contributed by atoms with E-state index in [1.165, 1.54) is 11.3 Å². The summed E-state index contributed by atoms with van der Waals surface area (Å²) < 4.78 is 0.959. The molecule has 1 heterocycles. The van der Waals surface area contributed by atoms with Crippen LogP contribution in [0, 0.1) is 5.41 Å². The lowest BCUT2D eigenvalue weighted by Gasteiger charge is -2.24. The van der Waals surface area contributed by atoms with E-state index < -0.39 is 11.5 Å². The Morgan fingerprint density at radius 1 is 1.29 bits per heavy atom. The lowest BCUT2D eigenvalue weighted by Crippen LogP contribution is -2.34. The number of hydrogen-bond donors (Lipinski definition) is 1. The van der Waals surface area contributed by atoms with Crippen LogP contribution in [0.1, 0.15) is 31.1 Å². The van der Waals surface area contributed by atoms with E-state index in [9.17, 15) is 9.90 Å². The van der Waals surface area contributed by atoms with Crippen LogP contribution in [0.25, 0.3) is 10.1 Å². The highest BCUT2D eigenvalue weighted by molar-refractivity contribution is 7.17. The molecule has 0 aliphatic heterocycles. The number of Topliss-reactive ketones (excluding diaryl/α,β-unsaturated/α-hetero) is 1. The number of aliphatic hydroxyl groups excluding tert-OH is 1. The first kappa shape index (κ1) is 12.3. The number of carbonyl (C=O) groups is 1. The number of rotatable bonds is 2. The molecule has 2 rings (SSSR count). The zero-order chi connectivity index (χ0) is 12.6. The van der Waals surface area contributed by atoms with Gasteiger partial charge in [0.1, 0.15) is 6.10 Å². The lowest BCUT2D eigenvalue weighted by atomic mass is 9.84. The second-order valence-electron chi connectivity index (χ2n) is 5.28. The molecule has 2 aromatic rings. The van der Waals surface area contributed by atoms with Gasteiger partial charge < -0.3 is 5.11 Å². The Hall–Kier alpha value is -1.19. The van der Waals surface area contributed by atoms with Crippen molar-refractivity contribution in [1.82, 2.24) is 0 Å². The molecule has 1 unspecified atom stereocenters. The van der Waals surface area contributed by atoms with Crippen molar-refractivity contribution in [2.24, 2.45) is 5.41 Å². The summed E-state index contributed by atoms with van der Waals surface area (Å²) in [7, 11) is 0. The van der Waals surface area contributed by atoms with Crippen LogP contribution < -0.4 is 0 Å². The molecule has 0 aliphatic carbocycles. The van der Waals surface area contributed by atoms with Crippen molar-refractivity contribution < 1.29 is 9.90 Å². The van der Waals surface area contributed by atoms with Crippen molar-refractivity contribution in [3.8, 4) is 0 Å². The van der Waals surface area contributed by atoms with Crippen LogP contribution in [0.2, 0.25) is 0 Å².